The number of ether oxygens (including phenoxy) is 2. The third-order valence-electron chi connectivity index (χ3n) is 2.58. The van der Waals surface area contributed by atoms with Gasteiger partial charge >= 0.3 is 0 Å². The molecule has 1 aromatic carbocycles. The van der Waals surface area contributed by atoms with E-state index >= 15 is 0 Å². The molecule has 1 N–H and O–H groups in total. The summed E-state index contributed by atoms with van der Waals surface area (Å²) in [6.45, 7) is 1.78. The highest BCUT2D eigenvalue weighted by Gasteiger charge is 2.21. The summed E-state index contributed by atoms with van der Waals surface area (Å²) in [5.74, 6) is 0. The maximum Gasteiger partial charge on any atom is 0.293 e. The molecule has 7 nitrogen and oxygen atoms in total. The van der Waals surface area contributed by atoms with Crippen LogP contribution in [-0.4, -0.2) is 31.5 Å². The number of hydrogen-bond acceptors (Lipinski definition) is 6. The predicted molar refractivity (Wildman–Crippen MR) is 68.7 cm³/mol. The zero-order chi connectivity index (χ0) is 14.4. The van der Waals surface area contributed by atoms with Gasteiger partial charge in [0.05, 0.1) is 22.6 Å². The second kappa shape index (κ2) is 6.68. The van der Waals surface area contributed by atoms with Crippen molar-refractivity contribution in [1.29, 1.82) is 5.26 Å². The molecule has 0 amide bonds. The van der Waals surface area contributed by atoms with Crippen molar-refractivity contribution in [3.05, 3.63) is 33.9 Å². The Labute approximate surface area is 110 Å². The zero-order valence-electron chi connectivity index (χ0n) is 10.9. The van der Waals surface area contributed by atoms with E-state index < -0.39 is 11.2 Å². The summed E-state index contributed by atoms with van der Waals surface area (Å²) >= 11 is 0. The smallest absolute Gasteiger partial charge is 0.293 e. The van der Waals surface area contributed by atoms with Crippen molar-refractivity contribution < 1.29 is 14.4 Å². The van der Waals surface area contributed by atoms with Gasteiger partial charge in [-0.1, -0.05) is 0 Å². The SMILES string of the molecule is COC(OC)C(C)Nc1ccc(C#N)cc1[N+](=O)[O-]. The lowest BCUT2D eigenvalue weighted by molar-refractivity contribution is -0.384. The Bertz CT molecular complexity index is 494. The number of nitrogens with one attached hydrogen (secondary N) is 1. The highest BCUT2D eigenvalue weighted by Crippen LogP contribution is 2.26. The second-order valence-electron chi connectivity index (χ2n) is 3.87. The largest absolute Gasteiger partial charge is 0.372 e. The first kappa shape index (κ1) is 14.9. The molecule has 102 valence electrons. The van der Waals surface area contributed by atoms with Crippen molar-refractivity contribution in [2.45, 2.75) is 19.3 Å². The average molecular weight is 265 g/mol. The van der Waals surface area contributed by atoms with Crippen LogP contribution in [0.3, 0.4) is 0 Å². The molecule has 0 bridgehead atoms. The molecule has 1 aromatic rings. The topological polar surface area (TPSA) is 97.4 Å². The Balaban J connectivity index is 3.01. The van der Waals surface area contributed by atoms with Crippen LogP contribution in [0.1, 0.15) is 12.5 Å². The van der Waals surface area contributed by atoms with E-state index in [9.17, 15) is 10.1 Å². The van der Waals surface area contributed by atoms with Crippen LogP contribution in [0, 0.1) is 21.4 Å². The van der Waals surface area contributed by atoms with Crippen LogP contribution in [0.15, 0.2) is 18.2 Å². The monoisotopic (exact) mass is 265 g/mol. The van der Waals surface area contributed by atoms with Gasteiger partial charge in [0.2, 0.25) is 0 Å². The van der Waals surface area contributed by atoms with Gasteiger partial charge < -0.3 is 14.8 Å². The van der Waals surface area contributed by atoms with Crippen LogP contribution in [0.2, 0.25) is 0 Å². The number of benzene rings is 1. The van der Waals surface area contributed by atoms with Crippen LogP contribution in [0.25, 0.3) is 0 Å². The first-order chi connectivity index (χ1) is 9.03. The molecular formula is C12H15N3O4. The Morgan fingerprint density at radius 3 is 2.53 bits per heavy atom. The van der Waals surface area contributed by atoms with Crippen LogP contribution < -0.4 is 5.32 Å². The van der Waals surface area contributed by atoms with Gasteiger partial charge in [-0.05, 0) is 19.1 Å². The lowest BCUT2D eigenvalue weighted by Gasteiger charge is -2.22. The minimum Gasteiger partial charge on any atom is -0.372 e. The minimum atomic E-state index is -0.537. The number of nitro groups is 1. The van der Waals surface area contributed by atoms with E-state index in [1.165, 1.54) is 32.4 Å². The number of hydrogen-bond donors (Lipinski definition) is 1. The number of nitriles is 1. The van der Waals surface area contributed by atoms with Gasteiger partial charge in [0.1, 0.15) is 5.69 Å². The molecular weight excluding hydrogens is 250 g/mol. The van der Waals surface area contributed by atoms with E-state index in [0.29, 0.717) is 5.69 Å². The number of methoxy groups -OCH3 is 2. The van der Waals surface area contributed by atoms with Crippen LogP contribution >= 0.6 is 0 Å². The van der Waals surface area contributed by atoms with E-state index in [1.54, 1.807) is 6.92 Å². The average Bonchev–Trinajstić information content (AvgIpc) is 2.40. The molecule has 0 saturated carbocycles. The molecule has 0 aliphatic rings. The van der Waals surface area contributed by atoms with Crippen molar-refractivity contribution in [1.82, 2.24) is 0 Å². The maximum absolute atomic E-state index is 11.0. The van der Waals surface area contributed by atoms with Crippen LogP contribution in [0.4, 0.5) is 11.4 Å². The lowest BCUT2D eigenvalue weighted by Crippen LogP contribution is -2.33. The molecule has 0 aliphatic carbocycles. The quantitative estimate of drug-likeness (QED) is 0.479. The molecule has 0 aliphatic heterocycles. The molecule has 1 unspecified atom stereocenters. The normalized spacial score (nSPS) is 11.9. The van der Waals surface area contributed by atoms with E-state index in [0.717, 1.165) is 0 Å². The van der Waals surface area contributed by atoms with Gasteiger partial charge in [0.25, 0.3) is 5.69 Å². The molecule has 0 heterocycles. The summed E-state index contributed by atoms with van der Waals surface area (Å²) in [6.07, 6.45) is -0.532. The Hall–Kier alpha value is -2.17. The summed E-state index contributed by atoms with van der Waals surface area (Å²) in [4.78, 5) is 10.4. The van der Waals surface area contributed by atoms with Gasteiger partial charge in [0, 0.05) is 20.3 Å². The molecule has 1 atom stereocenters. The molecule has 0 aromatic heterocycles. The van der Waals surface area contributed by atoms with Crippen molar-refractivity contribution in [3.8, 4) is 6.07 Å². The molecule has 0 saturated heterocycles. The van der Waals surface area contributed by atoms with E-state index in [4.69, 9.17) is 14.7 Å². The molecule has 7 heteroatoms. The summed E-state index contributed by atoms with van der Waals surface area (Å²) in [5, 5.41) is 22.7. The number of nitro benzene ring substituents is 1. The standard InChI is InChI=1S/C12H15N3O4/c1-8(12(18-2)19-3)14-10-5-4-9(7-13)6-11(10)15(16)17/h4-6,8,12,14H,1-3H3. The number of nitrogens with zero attached hydrogens (tertiary/aromatic N) is 2. The second-order valence-corrected chi connectivity index (χ2v) is 3.87. The van der Waals surface area contributed by atoms with Gasteiger partial charge in [-0.25, -0.2) is 0 Å². The lowest BCUT2D eigenvalue weighted by atomic mass is 10.1. The van der Waals surface area contributed by atoms with Gasteiger partial charge in [-0.2, -0.15) is 5.26 Å². The molecule has 19 heavy (non-hydrogen) atoms. The fourth-order valence-electron chi connectivity index (χ4n) is 1.69. The van der Waals surface area contributed by atoms with Crippen molar-refractivity contribution >= 4 is 11.4 Å². The Morgan fingerprint density at radius 2 is 2.05 bits per heavy atom. The van der Waals surface area contributed by atoms with E-state index in [-0.39, 0.29) is 17.3 Å². The maximum atomic E-state index is 11.0. The fourth-order valence-corrected chi connectivity index (χ4v) is 1.69. The molecule has 0 fully saturated rings. The summed E-state index contributed by atoms with van der Waals surface area (Å²) < 4.78 is 10.1. The third kappa shape index (κ3) is 3.64. The zero-order valence-corrected chi connectivity index (χ0v) is 10.9. The fraction of sp³-hybridized carbons (Fsp3) is 0.417. The predicted octanol–water partition coefficient (Wildman–Crippen LogP) is 1.89. The van der Waals surface area contributed by atoms with Crippen molar-refractivity contribution in [2.75, 3.05) is 19.5 Å². The van der Waals surface area contributed by atoms with Gasteiger partial charge in [0.15, 0.2) is 6.29 Å². The van der Waals surface area contributed by atoms with E-state index in [1.807, 2.05) is 6.07 Å². The highest BCUT2D eigenvalue weighted by molar-refractivity contribution is 5.64. The Morgan fingerprint density at radius 1 is 1.42 bits per heavy atom. The third-order valence-corrected chi connectivity index (χ3v) is 2.58. The molecule has 0 spiro atoms. The summed E-state index contributed by atoms with van der Waals surface area (Å²) in [7, 11) is 2.97. The van der Waals surface area contributed by atoms with Crippen molar-refractivity contribution in [3.63, 3.8) is 0 Å². The summed E-state index contributed by atoms with van der Waals surface area (Å²) in [6, 6.07) is 5.81. The van der Waals surface area contributed by atoms with Crippen LogP contribution in [0.5, 0.6) is 0 Å². The number of rotatable bonds is 6. The van der Waals surface area contributed by atoms with Gasteiger partial charge in [-0.3, -0.25) is 10.1 Å². The minimum absolute atomic E-state index is 0.156. The Kier molecular flexibility index (Phi) is 5.23. The first-order valence-electron chi connectivity index (χ1n) is 5.54. The molecule has 0 radical (unpaired) electrons. The van der Waals surface area contributed by atoms with Crippen LogP contribution in [-0.2, 0) is 9.47 Å². The van der Waals surface area contributed by atoms with E-state index in [2.05, 4.69) is 5.32 Å². The summed E-state index contributed by atoms with van der Waals surface area (Å²) in [5.41, 5.74) is 0.396. The molecule has 1 rings (SSSR count). The van der Waals surface area contributed by atoms with Crippen molar-refractivity contribution in [2.24, 2.45) is 0 Å². The highest BCUT2D eigenvalue weighted by atomic mass is 16.7. The number of anilines is 1. The first-order valence-corrected chi connectivity index (χ1v) is 5.54. The van der Waals surface area contributed by atoms with Gasteiger partial charge in [-0.15, -0.1) is 0 Å².